The fraction of sp³-hybridized carbons (Fsp3) is 0. The molecule has 22 rings (SSSR count). The van der Waals surface area contributed by atoms with Crippen LogP contribution in [-0.2, 0) is 0 Å². The van der Waals surface area contributed by atoms with Crippen LogP contribution in [0.25, 0.3) is 192 Å². The molecule has 9 heteroatoms. The fourth-order valence-corrected chi connectivity index (χ4v) is 15.7. The zero-order chi connectivity index (χ0) is 63.8. The highest BCUT2D eigenvalue weighted by atomic mass is 35.5. The average molecular weight is 1260 g/mol. The Labute approximate surface area is 559 Å². The zero-order valence-corrected chi connectivity index (χ0v) is 52.8. The van der Waals surface area contributed by atoms with Gasteiger partial charge in [-0.05, 0) is 107 Å². The molecule has 1 N–H and O–H groups in total. The van der Waals surface area contributed by atoms with E-state index < -0.39 is 0 Å². The Balaban J connectivity index is 0.000000112. The molecule has 452 valence electrons. The third-order valence-corrected chi connectivity index (χ3v) is 19.9. The van der Waals surface area contributed by atoms with Gasteiger partial charge in [0.05, 0.1) is 72.1 Å². The SMILES string of the molecule is Clc1nc(-c2ccccc2)c2ccccc2n1.c1ccc(-c2ccc3[nH]c4c(cc5c6ccccc6n6c7ccccc7c4c56)c3c2)cc1.c1ccc(-c2ccc3c(c2)c2cc4c5ccccc5n5c6ccccc6c(c2n3-c2nc(-c3ccccc3)c3ccccc3n2)c45)cc1. The standard InChI is InChI=1S/C44H26N4.C30H18N2.C14H9ClN2/c1-3-13-27(14-4-1)29-23-24-39-33(25-29)35-26-34-30-17-8-11-21-37(30)47-38-22-12-9-19-32(38)40(42(34)47)43(35)48(39)44-45-36-20-10-7-18-31(36)41(46-44)28-15-5-2-6-16-28;1-2-8-18(9-3-1)19-14-15-25-22(16-19)23-17-24-20-10-4-6-12-26(20)32-27-13-7-5-11-21(27)28(30(24)32)29(23)31-25;15-14-16-12-9-5-4-8-11(12)13(17-14)10-6-2-1-3-7-10/h1-26H;1-17,31H;1-9H. The molecule has 0 fully saturated rings. The van der Waals surface area contributed by atoms with Gasteiger partial charge in [-0.1, -0.05) is 243 Å². The van der Waals surface area contributed by atoms with Crippen molar-refractivity contribution < 1.29 is 0 Å². The van der Waals surface area contributed by atoms with Crippen LogP contribution in [0.2, 0.25) is 5.28 Å². The number of hydrogen-bond donors (Lipinski definition) is 1. The highest BCUT2D eigenvalue weighted by Crippen LogP contribution is 2.49. The lowest BCUT2D eigenvalue weighted by molar-refractivity contribution is 1.02. The van der Waals surface area contributed by atoms with Crippen LogP contribution in [-0.4, -0.2) is 38.3 Å². The molecule has 14 aromatic carbocycles. The normalized spacial score (nSPS) is 12.0. The highest BCUT2D eigenvalue weighted by molar-refractivity contribution is 6.36. The highest BCUT2D eigenvalue weighted by Gasteiger charge is 2.27. The minimum Gasteiger partial charge on any atom is -0.354 e. The number of H-pyrrole nitrogens is 1. The van der Waals surface area contributed by atoms with Gasteiger partial charge in [0.15, 0.2) is 0 Å². The minimum absolute atomic E-state index is 0.280. The van der Waals surface area contributed by atoms with Crippen LogP contribution >= 0.6 is 11.6 Å². The first kappa shape index (κ1) is 54.8. The van der Waals surface area contributed by atoms with Gasteiger partial charge in [0.2, 0.25) is 11.2 Å². The molecule has 0 radical (unpaired) electrons. The number of nitrogens with one attached hydrogen (secondary N) is 1. The van der Waals surface area contributed by atoms with Crippen LogP contribution in [0, 0.1) is 0 Å². The number of aromatic amines is 1. The molecule has 8 aromatic heterocycles. The van der Waals surface area contributed by atoms with E-state index in [1.807, 2.05) is 54.6 Å². The van der Waals surface area contributed by atoms with E-state index >= 15 is 0 Å². The van der Waals surface area contributed by atoms with Gasteiger partial charge in [-0.3, -0.25) is 4.57 Å². The summed E-state index contributed by atoms with van der Waals surface area (Å²) in [7, 11) is 0. The minimum atomic E-state index is 0.280. The summed E-state index contributed by atoms with van der Waals surface area (Å²) in [5.41, 5.74) is 22.7. The maximum Gasteiger partial charge on any atom is 0.235 e. The Morgan fingerprint density at radius 3 is 1.24 bits per heavy atom. The van der Waals surface area contributed by atoms with Crippen LogP contribution in [0.3, 0.4) is 0 Å². The largest absolute Gasteiger partial charge is 0.354 e. The van der Waals surface area contributed by atoms with Gasteiger partial charge in [-0.15, -0.1) is 0 Å². The number of benzene rings is 14. The molecular weight excluding hydrogens is 1200 g/mol. The molecule has 0 atom stereocenters. The lowest BCUT2D eigenvalue weighted by atomic mass is 10.0. The van der Waals surface area contributed by atoms with Gasteiger partial charge < -0.3 is 13.8 Å². The molecule has 0 aliphatic carbocycles. The van der Waals surface area contributed by atoms with Crippen molar-refractivity contribution >= 4 is 153 Å². The van der Waals surface area contributed by atoms with Crippen LogP contribution in [0.1, 0.15) is 0 Å². The molecule has 0 amide bonds. The number of para-hydroxylation sites is 6. The maximum absolute atomic E-state index is 5.95. The first-order valence-electron chi connectivity index (χ1n) is 32.7. The van der Waals surface area contributed by atoms with Crippen molar-refractivity contribution in [2.45, 2.75) is 0 Å². The van der Waals surface area contributed by atoms with E-state index in [-0.39, 0.29) is 5.28 Å². The van der Waals surface area contributed by atoms with Gasteiger partial charge in [0.25, 0.3) is 0 Å². The smallest absolute Gasteiger partial charge is 0.235 e. The number of aromatic nitrogens is 8. The Hall–Kier alpha value is -12.8. The molecule has 0 unspecified atom stereocenters. The molecule has 0 spiro atoms. The third kappa shape index (κ3) is 8.44. The first-order valence-corrected chi connectivity index (χ1v) is 33.1. The molecule has 0 aliphatic heterocycles. The van der Waals surface area contributed by atoms with Crippen molar-refractivity contribution in [2.24, 2.45) is 0 Å². The molecule has 8 heterocycles. The summed E-state index contributed by atoms with van der Waals surface area (Å²) < 4.78 is 7.20. The lowest BCUT2D eigenvalue weighted by Crippen LogP contribution is -2.03. The monoisotopic (exact) mass is 1260 g/mol. The zero-order valence-electron chi connectivity index (χ0n) is 52.0. The summed E-state index contributed by atoms with van der Waals surface area (Å²) in [6, 6.07) is 111. The van der Waals surface area contributed by atoms with Crippen molar-refractivity contribution in [3.8, 4) is 50.7 Å². The number of nitrogens with zero attached hydrogens (tertiary/aromatic N) is 7. The number of halogens is 1. The number of fused-ring (bicyclic) bond motifs is 22. The van der Waals surface area contributed by atoms with Crippen molar-refractivity contribution in [1.82, 2.24) is 38.3 Å². The van der Waals surface area contributed by atoms with Crippen molar-refractivity contribution in [2.75, 3.05) is 0 Å². The summed E-state index contributed by atoms with van der Waals surface area (Å²) in [4.78, 5) is 23.0. The number of hydrogen-bond acceptors (Lipinski definition) is 4. The summed E-state index contributed by atoms with van der Waals surface area (Å²) in [6.07, 6.45) is 0. The fourth-order valence-electron chi connectivity index (χ4n) is 15.6. The second-order valence-corrected chi connectivity index (χ2v) is 25.4. The Morgan fingerprint density at radius 2 is 0.670 bits per heavy atom. The summed E-state index contributed by atoms with van der Waals surface area (Å²) in [5.74, 6) is 0.669. The maximum atomic E-state index is 5.95. The van der Waals surface area contributed by atoms with Crippen LogP contribution in [0.15, 0.2) is 315 Å². The Bertz CT molecular complexity index is 6870. The Morgan fingerprint density at radius 1 is 0.258 bits per heavy atom. The van der Waals surface area contributed by atoms with Crippen molar-refractivity contribution in [1.29, 1.82) is 0 Å². The molecule has 8 nitrogen and oxygen atoms in total. The molecule has 22 aromatic rings. The molecular formula is C88H53ClN8. The topological polar surface area (TPSA) is 81.1 Å². The second kappa shape index (κ2) is 21.7. The molecule has 0 saturated heterocycles. The molecule has 0 saturated carbocycles. The van der Waals surface area contributed by atoms with E-state index in [1.165, 1.54) is 131 Å². The van der Waals surface area contributed by atoms with Crippen LogP contribution < -0.4 is 0 Å². The van der Waals surface area contributed by atoms with Crippen molar-refractivity contribution in [3.05, 3.63) is 321 Å². The van der Waals surface area contributed by atoms with E-state index in [0.29, 0.717) is 5.95 Å². The van der Waals surface area contributed by atoms with Gasteiger partial charge in [-0.25, -0.2) is 19.9 Å². The molecule has 0 bridgehead atoms. The molecule has 97 heavy (non-hydrogen) atoms. The van der Waals surface area contributed by atoms with Gasteiger partial charge >= 0.3 is 0 Å². The quantitative estimate of drug-likeness (QED) is 0.174. The van der Waals surface area contributed by atoms with Crippen LogP contribution in [0.4, 0.5) is 0 Å². The van der Waals surface area contributed by atoms with Gasteiger partial charge in [-0.2, -0.15) is 0 Å². The summed E-state index contributed by atoms with van der Waals surface area (Å²) in [6.45, 7) is 0. The lowest BCUT2D eigenvalue weighted by Gasteiger charge is -2.12. The van der Waals surface area contributed by atoms with E-state index in [0.717, 1.165) is 55.4 Å². The van der Waals surface area contributed by atoms with E-state index in [9.17, 15) is 0 Å². The Kier molecular flexibility index (Phi) is 12.2. The number of rotatable bonds is 5. The van der Waals surface area contributed by atoms with Gasteiger partial charge in [0.1, 0.15) is 0 Å². The van der Waals surface area contributed by atoms with E-state index in [1.54, 1.807) is 0 Å². The first-order chi connectivity index (χ1) is 48.1. The summed E-state index contributed by atoms with van der Waals surface area (Å²) >= 11 is 5.95. The predicted octanol–water partition coefficient (Wildman–Crippen LogP) is 23.3. The average Bonchev–Trinajstić information content (AvgIpc) is 1.53. The van der Waals surface area contributed by atoms with Gasteiger partial charge in [0, 0.05) is 92.1 Å². The van der Waals surface area contributed by atoms with E-state index in [4.69, 9.17) is 21.6 Å². The summed E-state index contributed by atoms with van der Waals surface area (Å²) in [5, 5.41) is 17.5. The molecule has 0 aliphatic rings. The van der Waals surface area contributed by atoms with Crippen molar-refractivity contribution in [3.63, 3.8) is 0 Å². The van der Waals surface area contributed by atoms with Crippen LogP contribution in [0.5, 0.6) is 0 Å². The third-order valence-electron chi connectivity index (χ3n) is 19.7. The van der Waals surface area contributed by atoms with E-state index in [2.05, 4.69) is 289 Å². The predicted molar refractivity (Wildman–Crippen MR) is 405 cm³/mol. The second-order valence-electron chi connectivity index (χ2n) is 25.0.